The van der Waals surface area contributed by atoms with Crippen molar-refractivity contribution in [3.05, 3.63) is 47.8 Å². The van der Waals surface area contributed by atoms with E-state index in [-0.39, 0.29) is 17.6 Å². The molecule has 0 spiro atoms. The van der Waals surface area contributed by atoms with Crippen LogP contribution in [0.4, 0.5) is 5.95 Å². The Labute approximate surface area is 216 Å². The Morgan fingerprint density at radius 1 is 1.24 bits per heavy atom. The fourth-order valence-corrected chi connectivity index (χ4v) is 5.57. The summed E-state index contributed by atoms with van der Waals surface area (Å²) in [6.07, 6.45) is 3.42. The molecule has 3 aromatic heterocycles. The fourth-order valence-electron chi connectivity index (χ4n) is 4.64. The van der Waals surface area contributed by atoms with Crippen LogP contribution in [-0.4, -0.2) is 46.8 Å². The SMILES string of the molecule is CCS(=N)(=O)c1ccc2nc3n(c2c1)C[C@H](C)CCCOc1c(cnn1C)-c1cc(cc(C)n1)C(=O)N3. The predicted octanol–water partition coefficient (Wildman–Crippen LogP) is 4.63. The van der Waals surface area contributed by atoms with Crippen molar-refractivity contribution in [1.82, 2.24) is 24.3 Å². The summed E-state index contributed by atoms with van der Waals surface area (Å²) in [4.78, 5) is 23.3. The van der Waals surface area contributed by atoms with E-state index in [1.807, 2.05) is 18.5 Å². The van der Waals surface area contributed by atoms with Gasteiger partial charge in [0.05, 0.1) is 44.8 Å². The van der Waals surface area contributed by atoms with E-state index in [1.165, 1.54) is 0 Å². The number of nitrogens with zero attached hydrogens (tertiary/aromatic N) is 5. The van der Waals surface area contributed by atoms with E-state index in [0.29, 0.717) is 52.3 Å². The molecule has 1 aliphatic rings. The molecule has 2 N–H and O–H groups in total. The first kappa shape index (κ1) is 24.9. The summed E-state index contributed by atoms with van der Waals surface area (Å²) >= 11 is 0. The summed E-state index contributed by atoms with van der Waals surface area (Å²) < 4.78 is 30.8. The summed E-state index contributed by atoms with van der Waals surface area (Å²) in [6, 6.07) is 8.71. The van der Waals surface area contributed by atoms with Gasteiger partial charge < -0.3 is 9.30 Å². The van der Waals surface area contributed by atoms with Gasteiger partial charge >= 0.3 is 0 Å². The van der Waals surface area contributed by atoms with Crippen LogP contribution in [0.25, 0.3) is 22.3 Å². The van der Waals surface area contributed by atoms with Crippen molar-refractivity contribution < 1.29 is 13.7 Å². The number of anilines is 1. The Morgan fingerprint density at radius 2 is 2.05 bits per heavy atom. The van der Waals surface area contributed by atoms with Crippen molar-refractivity contribution in [3.63, 3.8) is 0 Å². The van der Waals surface area contributed by atoms with Crippen molar-refractivity contribution in [2.24, 2.45) is 13.0 Å². The van der Waals surface area contributed by atoms with Crippen LogP contribution in [0.2, 0.25) is 0 Å². The smallest absolute Gasteiger partial charge is 0.258 e. The number of aromatic nitrogens is 5. The lowest BCUT2D eigenvalue weighted by Crippen LogP contribution is -2.18. The molecule has 0 saturated carbocycles. The minimum Gasteiger partial charge on any atom is -0.477 e. The van der Waals surface area contributed by atoms with Gasteiger partial charge in [-0.05, 0) is 56.0 Å². The standard InChI is InChI=1S/C26H31N7O3S/c1-5-37(27,35)19-8-9-21-23(13-19)33-15-16(2)7-6-10-36-25-20(14-28-32(25)4)22-12-18(11-17(3)29-22)24(34)31-26(33)30-21/h8-9,11-14,16,27H,5-7,10,15H2,1-4H3,(H,30,31,34)/t16-,37?/m1/s1. The van der Waals surface area contributed by atoms with Crippen molar-refractivity contribution in [1.29, 1.82) is 4.78 Å². The number of nitrogens with one attached hydrogen (secondary N) is 2. The van der Waals surface area contributed by atoms with Gasteiger partial charge in [-0.25, -0.2) is 18.7 Å². The van der Waals surface area contributed by atoms with Crippen molar-refractivity contribution >= 4 is 32.6 Å². The van der Waals surface area contributed by atoms with E-state index in [2.05, 4.69) is 22.3 Å². The van der Waals surface area contributed by atoms with E-state index in [1.54, 1.807) is 48.1 Å². The van der Waals surface area contributed by atoms with Crippen LogP contribution in [0.15, 0.2) is 41.4 Å². The summed E-state index contributed by atoms with van der Waals surface area (Å²) in [5.74, 6) is 1.20. The normalized spacial score (nSPS) is 18.1. The van der Waals surface area contributed by atoms with Gasteiger partial charge in [0.15, 0.2) is 0 Å². The van der Waals surface area contributed by atoms with E-state index < -0.39 is 9.73 Å². The van der Waals surface area contributed by atoms with Gasteiger partial charge in [-0.2, -0.15) is 5.10 Å². The highest BCUT2D eigenvalue weighted by molar-refractivity contribution is 7.92. The first-order valence-electron chi connectivity index (χ1n) is 12.4. The van der Waals surface area contributed by atoms with Crippen LogP contribution in [0.5, 0.6) is 5.88 Å². The van der Waals surface area contributed by atoms with Gasteiger partial charge in [0, 0.05) is 35.5 Å². The maximum absolute atomic E-state index is 13.5. The summed E-state index contributed by atoms with van der Waals surface area (Å²) in [6.45, 7) is 6.85. The number of ether oxygens (including phenoxy) is 1. The number of carbonyl (C=O) groups excluding carboxylic acids is 1. The molecule has 37 heavy (non-hydrogen) atoms. The average Bonchev–Trinajstić information content (AvgIpc) is 3.40. The molecule has 5 rings (SSSR count). The van der Waals surface area contributed by atoms with Gasteiger partial charge in [-0.1, -0.05) is 13.8 Å². The molecule has 11 heteroatoms. The molecule has 0 radical (unpaired) electrons. The molecule has 4 heterocycles. The highest BCUT2D eigenvalue weighted by Crippen LogP contribution is 2.31. The maximum atomic E-state index is 13.5. The second-order valence-electron chi connectivity index (χ2n) is 9.58. The molecule has 0 fully saturated rings. The highest BCUT2D eigenvalue weighted by atomic mass is 32.2. The molecule has 1 aromatic carbocycles. The fraction of sp³-hybridized carbons (Fsp3) is 0.385. The first-order chi connectivity index (χ1) is 17.7. The van der Waals surface area contributed by atoms with Crippen LogP contribution in [0.1, 0.15) is 42.7 Å². The van der Waals surface area contributed by atoms with Crippen LogP contribution in [0.3, 0.4) is 0 Å². The highest BCUT2D eigenvalue weighted by Gasteiger charge is 2.21. The van der Waals surface area contributed by atoms with Gasteiger partial charge in [-0.3, -0.25) is 15.1 Å². The van der Waals surface area contributed by atoms with Crippen molar-refractivity contribution in [3.8, 4) is 17.1 Å². The minimum absolute atomic E-state index is 0.230. The number of carbonyl (C=O) groups is 1. The van der Waals surface area contributed by atoms with Crippen molar-refractivity contribution in [2.45, 2.75) is 45.1 Å². The minimum atomic E-state index is -2.90. The second-order valence-corrected chi connectivity index (χ2v) is 12.0. The maximum Gasteiger partial charge on any atom is 0.258 e. The number of pyridine rings is 1. The first-order valence-corrected chi connectivity index (χ1v) is 14.1. The lowest BCUT2D eigenvalue weighted by Gasteiger charge is -2.16. The summed E-state index contributed by atoms with van der Waals surface area (Å²) in [5, 5.41) is 7.34. The third kappa shape index (κ3) is 4.83. The van der Waals surface area contributed by atoms with Crippen LogP contribution < -0.4 is 10.1 Å². The molecule has 1 unspecified atom stereocenters. The Bertz CT molecular complexity index is 1600. The van der Waals surface area contributed by atoms with Crippen LogP contribution in [-0.2, 0) is 23.3 Å². The number of imidazole rings is 1. The Hall–Kier alpha value is -3.73. The zero-order chi connectivity index (χ0) is 26.3. The Balaban J connectivity index is 1.63. The van der Waals surface area contributed by atoms with E-state index in [9.17, 15) is 9.00 Å². The van der Waals surface area contributed by atoms with Crippen LogP contribution in [0, 0.1) is 17.6 Å². The molecule has 194 valence electrons. The Kier molecular flexibility index (Phi) is 6.49. The lowest BCUT2D eigenvalue weighted by molar-refractivity contribution is 0.102. The van der Waals surface area contributed by atoms with Gasteiger partial charge in [0.2, 0.25) is 11.8 Å². The average molecular weight is 522 g/mol. The van der Waals surface area contributed by atoms with E-state index in [0.717, 1.165) is 23.9 Å². The summed E-state index contributed by atoms with van der Waals surface area (Å²) in [5.41, 5.74) is 3.91. The van der Waals surface area contributed by atoms with Gasteiger partial charge in [-0.15, -0.1) is 0 Å². The number of benzene rings is 1. The van der Waals surface area contributed by atoms with E-state index >= 15 is 0 Å². The van der Waals surface area contributed by atoms with Gasteiger partial charge in [0.1, 0.15) is 0 Å². The molecule has 2 atom stereocenters. The molecule has 0 saturated heterocycles. The number of amides is 1. The molecule has 1 aliphatic heterocycles. The quantitative estimate of drug-likeness (QED) is 0.396. The molecule has 10 nitrogen and oxygen atoms in total. The topological polar surface area (TPSA) is 128 Å². The van der Waals surface area contributed by atoms with Gasteiger partial charge in [0.25, 0.3) is 5.91 Å². The van der Waals surface area contributed by atoms with Crippen molar-refractivity contribution in [2.75, 3.05) is 17.7 Å². The third-order valence-electron chi connectivity index (χ3n) is 6.68. The number of rotatable bonds is 2. The number of aryl methyl sites for hydroxylation is 2. The monoisotopic (exact) mass is 521 g/mol. The molecule has 1 amide bonds. The number of hydrogen-bond donors (Lipinski definition) is 2. The third-order valence-corrected chi connectivity index (χ3v) is 8.51. The predicted molar refractivity (Wildman–Crippen MR) is 142 cm³/mol. The molecule has 4 aromatic rings. The number of fused-ring (bicyclic) bond motifs is 7. The Morgan fingerprint density at radius 3 is 2.84 bits per heavy atom. The zero-order valence-corrected chi connectivity index (χ0v) is 22.3. The van der Waals surface area contributed by atoms with Crippen LogP contribution >= 0.6 is 0 Å². The molecule has 0 aliphatic carbocycles. The molecular weight excluding hydrogens is 490 g/mol. The molecular formula is C26H31N7O3S. The zero-order valence-electron chi connectivity index (χ0n) is 21.4. The van der Waals surface area contributed by atoms with E-state index in [4.69, 9.17) is 14.5 Å². The summed E-state index contributed by atoms with van der Waals surface area (Å²) in [7, 11) is -1.07. The largest absolute Gasteiger partial charge is 0.477 e. The lowest BCUT2D eigenvalue weighted by atomic mass is 10.1. The number of hydrogen-bond acceptors (Lipinski definition) is 7. The molecule has 2 bridgehead atoms. The second kappa shape index (κ2) is 9.62.